The fourth-order valence-corrected chi connectivity index (χ4v) is 1.37. The molecule has 0 bridgehead atoms. The van der Waals surface area contributed by atoms with E-state index in [9.17, 15) is 9.59 Å². The van der Waals surface area contributed by atoms with E-state index in [0.717, 1.165) is 0 Å². The molecule has 98 valence electrons. The number of rotatable bonds is 4. The van der Waals surface area contributed by atoms with Gasteiger partial charge in [-0.1, -0.05) is 11.6 Å². The summed E-state index contributed by atoms with van der Waals surface area (Å²) in [5.41, 5.74) is 0.136. The lowest BCUT2D eigenvalue weighted by atomic mass is 10.2. The minimum absolute atomic E-state index is 0.128. The number of aromatic nitrogens is 2. The normalized spacial score (nSPS) is 10.3. The molecule has 0 aliphatic heterocycles. The van der Waals surface area contributed by atoms with Crippen LogP contribution in [0.3, 0.4) is 0 Å². The van der Waals surface area contributed by atoms with Crippen molar-refractivity contribution in [2.45, 2.75) is 19.9 Å². The molecule has 0 N–H and O–H groups in total. The Bertz CT molecular complexity index is 434. The quantitative estimate of drug-likeness (QED) is 0.768. The van der Waals surface area contributed by atoms with Crippen molar-refractivity contribution in [1.29, 1.82) is 0 Å². The first-order valence-corrected chi connectivity index (χ1v) is 5.70. The highest BCUT2D eigenvalue weighted by atomic mass is 35.5. The molecule has 0 aliphatic rings. The summed E-state index contributed by atoms with van der Waals surface area (Å²) in [6.07, 6.45) is 0. The zero-order valence-electron chi connectivity index (χ0n) is 10.4. The molecule has 1 heterocycles. The standard InChI is InChI=1S/C11H14ClN3O3/c1-7(2)15(6-10(16)18-3)11(17)8-4-5-9(12)14-13-8/h4-5,7H,6H2,1-3H3. The number of nitrogens with zero attached hydrogens (tertiary/aromatic N) is 3. The molecule has 0 aliphatic carbocycles. The maximum absolute atomic E-state index is 12.1. The van der Waals surface area contributed by atoms with Gasteiger partial charge < -0.3 is 9.64 Å². The van der Waals surface area contributed by atoms with E-state index in [2.05, 4.69) is 14.9 Å². The molecule has 0 fully saturated rings. The van der Waals surface area contributed by atoms with E-state index in [1.165, 1.54) is 24.1 Å². The van der Waals surface area contributed by atoms with E-state index in [1.807, 2.05) is 0 Å². The first-order valence-electron chi connectivity index (χ1n) is 5.32. The third-order valence-corrected chi connectivity index (χ3v) is 2.46. The van der Waals surface area contributed by atoms with Crippen LogP contribution in [0.1, 0.15) is 24.3 Å². The van der Waals surface area contributed by atoms with Crippen molar-refractivity contribution in [2.75, 3.05) is 13.7 Å². The molecule has 7 heteroatoms. The van der Waals surface area contributed by atoms with Gasteiger partial charge in [0, 0.05) is 6.04 Å². The molecule has 18 heavy (non-hydrogen) atoms. The molecule has 1 amide bonds. The Balaban J connectivity index is 2.89. The van der Waals surface area contributed by atoms with Crippen molar-refractivity contribution >= 4 is 23.5 Å². The molecule has 0 saturated carbocycles. The van der Waals surface area contributed by atoms with Crippen LogP contribution in [0.2, 0.25) is 5.15 Å². The van der Waals surface area contributed by atoms with Crippen LogP contribution >= 0.6 is 11.6 Å². The number of hydrogen-bond donors (Lipinski definition) is 0. The van der Waals surface area contributed by atoms with E-state index in [0.29, 0.717) is 0 Å². The Morgan fingerprint density at radius 3 is 2.50 bits per heavy atom. The number of esters is 1. The average molecular weight is 272 g/mol. The first-order chi connectivity index (χ1) is 8.45. The lowest BCUT2D eigenvalue weighted by Crippen LogP contribution is -2.41. The first kappa shape index (κ1) is 14.4. The maximum atomic E-state index is 12.1. The van der Waals surface area contributed by atoms with Crippen LogP contribution in [0.4, 0.5) is 0 Å². The zero-order valence-corrected chi connectivity index (χ0v) is 11.1. The summed E-state index contributed by atoms with van der Waals surface area (Å²) in [4.78, 5) is 24.7. The largest absolute Gasteiger partial charge is 0.468 e. The highest BCUT2D eigenvalue weighted by molar-refractivity contribution is 6.29. The van der Waals surface area contributed by atoms with Crippen molar-refractivity contribution in [3.8, 4) is 0 Å². The average Bonchev–Trinajstić information content (AvgIpc) is 2.35. The predicted octanol–water partition coefficient (Wildman–Crippen LogP) is 1.15. The van der Waals surface area contributed by atoms with Crippen molar-refractivity contribution in [3.05, 3.63) is 23.0 Å². The lowest BCUT2D eigenvalue weighted by Gasteiger charge is -2.24. The Kier molecular flexibility index (Phi) is 5.03. The van der Waals surface area contributed by atoms with Gasteiger partial charge in [-0.15, -0.1) is 10.2 Å². The molecular formula is C11H14ClN3O3. The fourth-order valence-electron chi connectivity index (χ4n) is 1.27. The molecule has 6 nitrogen and oxygen atoms in total. The van der Waals surface area contributed by atoms with Crippen LogP contribution in [-0.4, -0.2) is 46.7 Å². The number of carbonyl (C=O) groups is 2. The summed E-state index contributed by atoms with van der Waals surface area (Å²) in [6.45, 7) is 3.46. The monoisotopic (exact) mass is 271 g/mol. The molecule has 1 rings (SSSR count). The van der Waals surface area contributed by atoms with Crippen molar-refractivity contribution in [2.24, 2.45) is 0 Å². The molecule has 0 aromatic carbocycles. The van der Waals surface area contributed by atoms with Gasteiger partial charge in [-0.3, -0.25) is 9.59 Å². The van der Waals surface area contributed by atoms with Crippen LogP contribution in [0.15, 0.2) is 12.1 Å². The minimum atomic E-state index is -0.487. The number of methoxy groups -OCH3 is 1. The van der Waals surface area contributed by atoms with Crippen molar-refractivity contribution in [3.63, 3.8) is 0 Å². The van der Waals surface area contributed by atoms with Gasteiger partial charge in [0.05, 0.1) is 7.11 Å². The van der Waals surface area contributed by atoms with E-state index >= 15 is 0 Å². The zero-order chi connectivity index (χ0) is 13.7. The summed E-state index contributed by atoms with van der Waals surface area (Å²) in [5, 5.41) is 7.49. The Hall–Kier alpha value is -1.69. The Morgan fingerprint density at radius 2 is 2.06 bits per heavy atom. The predicted molar refractivity (Wildman–Crippen MR) is 65.2 cm³/mol. The molecular weight excluding hydrogens is 258 g/mol. The number of ether oxygens (including phenoxy) is 1. The molecule has 0 saturated heterocycles. The van der Waals surface area contributed by atoms with Gasteiger partial charge in [0.25, 0.3) is 5.91 Å². The van der Waals surface area contributed by atoms with Gasteiger partial charge >= 0.3 is 5.97 Å². The van der Waals surface area contributed by atoms with E-state index in [4.69, 9.17) is 11.6 Å². The SMILES string of the molecule is COC(=O)CN(C(=O)c1ccc(Cl)nn1)C(C)C. The van der Waals surface area contributed by atoms with Gasteiger partial charge in [0.2, 0.25) is 0 Å². The van der Waals surface area contributed by atoms with Gasteiger partial charge in [0.15, 0.2) is 10.8 Å². The van der Waals surface area contributed by atoms with Crippen LogP contribution < -0.4 is 0 Å². The summed E-state index contributed by atoms with van der Waals surface area (Å²) in [5.74, 6) is -0.876. The topological polar surface area (TPSA) is 72.4 Å². The Labute approximate surface area is 110 Å². The molecule has 1 aromatic rings. The lowest BCUT2D eigenvalue weighted by molar-refractivity contribution is -0.141. The number of halogens is 1. The number of amides is 1. The van der Waals surface area contributed by atoms with Crippen molar-refractivity contribution < 1.29 is 14.3 Å². The third-order valence-electron chi connectivity index (χ3n) is 2.26. The van der Waals surface area contributed by atoms with Crippen LogP contribution in [0, 0.1) is 0 Å². The summed E-state index contributed by atoms with van der Waals surface area (Å²) in [6, 6.07) is 2.78. The number of hydrogen-bond acceptors (Lipinski definition) is 5. The second-order valence-electron chi connectivity index (χ2n) is 3.84. The van der Waals surface area contributed by atoms with Crippen molar-refractivity contribution in [1.82, 2.24) is 15.1 Å². The number of carbonyl (C=O) groups excluding carboxylic acids is 2. The highest BCUT2D eigenvalue weighted by Gasteiger charge is 2.23. The third kappa shape index (κ3) is 3.66. The van der Waals surface area contributed by atoms with E-state index in [1.54, 1.807) is 13.8 Å². The highest BCUT2D eigenvalue weighted by Crippen LogP contribution is 2.08. The van der Waals surface area contributed by atoms with Gasteiger partial charge in [-0.2, -0.15) is 0 Å². The fraction of sp³-hybridized carbons (Fsp3) is 0.455. The summed E-state index contributed by atoms with van der Waals surface area (Å²) < 4.78 is 4.55. The maximum Gasteiger partial charge on any atom is 0.325 e. The molecule has 0 radical (unpaired) electrons. The second-order valence-corrected chi connectivity index (χ2v) is 4.23. The van der Waals surface area contributed by atoms with E-state index < -0.39 is 5.97 Å². The molecule has 1 aromatic heterocycles. The Morgan fingerprint density at radius 1 is 1.39 bits per heavy atom. The van der Waals surface area contributed by atoms with Crippen LogP contribution in [0.25, 0.3) is 0 Å². The molecule has 0 spiro atoms. The second kappa shape index (κ2) is 6.30. The molecule has 0 atom stereocenters. The van der Waals surface area contributed by atoms with Gasteiger partial charge in [0.1, 0.15) is 6.54 Å². The molecule has 0 unspecified atom stereocenters. The van der Waals surface area contributed by atoms with E-state index in [-0.39, 0.29) is 29.3 Å². The van der Waals surface area contributed by atoms with Gasteiger partial charge in [-0.25, -0.2) is 0 Å². The summed E-state index contributed by atoms with van der Waals surface area (Å²) in [7, 11) is 1.27. The van der Waals surface area contributed by atoms with Crippen LogP contribution in [0.5, 0.6) is 0 Å². The summed E-state index contributed by atoms with van der Waals surface area (Å²) >= 11 is 5.59. The minimum Gasteiger partial charge on any atom is -0.468 e. The van der Waals surface area contributed by atoms with Crippen LogP contribution in [-0.2, 0) is 9.53 Å². The van der Waals surface area contributed by atoms with Gasteiger partial charge in [-0.05, 0) is 26.0 Å². The smallest absolute Gasteiger partial charge is 0.325 e.